The number of ether oxygens (including phenoxy) is 1. The van der Waals surface area contributed by atoms with Crippen LogP contribution < -0.4 is 5.32 Å². The third-order valence-corrected chi connectivity index (χ3v) is 5.89. The molecule has 1 unspecified atom stereocenters. The minimum Gasteiger partial charge on any atom is -0.381 e. The average molecular weight is 495 g/mol. The summed E-state index contributed by atoms with van der Waals surface area (Å²) >= 11 is 0. The fourth-order valence-electron chi connectivity index (χ4n) is 3.84. The lowest BCUT2D eigenvalue weighted by Gasteiger charge is -2.37. The van der Waals surface area contributed by atoms with E-state index < -0.39 is 0 Å². The van der Waals surface area contributed by atoms with Gasteiger partial charge in [-0.15, -0.1) is 24.0 Å². The zero-order chi connectivity index (χ0) is 18.8. The lowest BCUT2D eigenvalue weighted by molar-refractivity contribution is 0.0625. The highest BCUT2D eigenvalue weighted by molar-refractivity contribution is 14.0. The van der Waals surface area contributed by atoms with Crippen LogP contribution in [0.5, 0.6) is 0 Å². The van der Waals surface area contributed by atoms with Crippen LogP contribution in [-0.2, 0) is 4.74 Å². The van der Waals surface area contributed by atoms with Crippen LogP contribution in [0.3, 0.4) is 0 Å². The largest absolute Gasteiger partial charge is 0.381 e. The summed E-state index contributed by atoms with van der Waals surface area (Å²) in [6.07, 6.45) is 3.66. The molecule has 0 radical (unpaired) electrons. The molecule has 0 spiro atoms. The zero-order valence-electron chi connectivity index (χ0n) is 18.0. The maximum absolute atomic E-state index is 5.47. The summed E-state index contributed by atoms with van der Waals surface area (Å²) in [6.45, 7) is 17.3. The van der Waals surface area contributed by atoms with Gasteiger partial charge in [0.2, 0.25) is 0 Å². The van der Waals surface area contributed by atoms with Gasteiger partial charge in [-0.05, 0) is 45.6 Å². The third-order valence-electron chi connectivity index (χ3n) is 5.89. The molecule has 6 nitrogen and oxygen atoms in total. The number of hydrogen-bond acceptors (Lipinski definition) is 4. The Morgan fingerprint density at radius 3 is 2.44 bits per heavy atom. The Balaban J connectivity index is 0.00000364. The van der Waals surface area contributed by atoms with E-state index in [1.54, 1.807) is 0 Å². The number of nitrogens with zero attached hydrogens (tertiary/aromatic N) is 4. The summed E-state index contributed by atoms with van der Waals surface area (Å²) in [4.78, 5) is 12.4. The monoisotopic (exact) mass is 495 g/mol. The summed E-state index contributed by atoms with van der Waals surface area (Å²) in [5.74, 6) is 1.86. The van der Waals surface area contributed by atoms with Crippen LogP contribution in [0.4, 0.5) is 0 Å². The van der Waals surface area contributed by atoms with Crippen LogP contribution in [0.2, 0.25) is 0 Å². The molecular formula is C20H42IN5O. The van der Waals surface area contributed by atoms with Crippen LogP contribution in [-0.4, -0.2) is 99.3 Å². The van der Waals surface area contributed by atoms with E-state index in [4.69, 9.17) is 9.73 Å². The predicted octanol–water partition coefficient (Wildman–Crippen LogP) is 2.34. The Hall–Kier alpha value is -0.120. The molecule has 0 aromatic carbocycles. The molecule has 2 rings (SSSR count). The number of hydrogen-bond donors (Lipinski definition) is 1. The second-order valence-electron chi connectivity index (χ2n) is 7.78. The van der Waals surface area contributed by atoms with Gasteiger partial charge in [-0.3, -0.25) is 9.89 Å². The maximum Gasteiger partial charge on any atom is 0.193 e. The fourth-order valence-corrected chi connectivity index (χ4v) is 3.84. The van der Waals surface area contributed by atoms with Gasteiger partial charge >= 0.3 is 0 Å². The summed E-state index contributed by atoms with van der Waals surface area (Å²) in [5, 5.41) is 3.47. The zero-order valence-corrected chi connectivity index (χ0v) is 20.3. The third kappa shape index (κ3) is 8.83. The van der Waals surface area contributed by atoms with Crippen molar-refractivity contribution in [3.63, 3.8) is 0 Å². The standard InChI is InChI=1S/C20H41N5O.HI/c1-5-21-20(23(4)10-7-19-8-15-26-16-9-19)22-17-18(3)25-13-11-24(6-2)12-14-25;/h18-19H,5-17H2,1-4H3,(H,21,22);1H. The van der Waals surface area contributed by atoms with E-state index in [0.29, 0.717) is 6.04 Å². The van der Waals surface area contributed by atoms with Gasteiger partial charge in [0.15, 0.2) is 5.96 Å². The molecule has 1 N–H and O–H groups in total. The first-order valence-corrected chi connectivity index (χ1v) is 10.7. The van der Waals surface area contributed by atoms with Crippen LogP contribution in [0.15, 0.2) is 4.99 Å². The van der Waals surface area contributed by atoms with Crippen molar-refractivity contribution in [3.8, 4) is 0 Å². The number of halogens is 1. The SMILES string of the molecule is CCNC(=NCC(C)N1CCN(CC)CC1)N(C)CCC1CCOCC1.I. The first-order chi connectivity index (χ1) is 12.6. The smallest absolute Gasteiger partial charge is 0.193 e. The highest BCUT2D eigenvalue weighted by atomic mass is 127. The molecule has 0 aromatic rings. The molecule has 1 atom stereocenters. The van der Waals surface area contributed by atoms with Crippen LogP contribution >= 0.6 is 24.0 Å². The molecule has 0 saturated carbocycles. The molecule has 2 fully saturated rings. The fraction of sp³-hybridized carbons (Fsp3) is 0.950. The molecule has 7 heteroatoms. The minimum absolute atomic E-state index is 0. The van der Waals surface area contributed by atoms with E-state index >= 15 is 0 Å². The van der Waals surface area contributed by atoms with Gasteiger partial charge in [0.1, 0.15) is 0 Å². The Morgan fingerprint density at radius 1 is 1.19 bits per heavy atom. The number of rotatable bonds is 8. The number of guanidine groups is 1. The summed E-state index contributed by atoms with van der Waals surface area (Å²) in [7, 11) is 2.17. The van der Waals surface area contributed by atoms with E-state index in [1.165, 1.54) is 52.0 Å². The molecule has 0 amide bonds. The van der Waals surface area contributed by atoms with Crippen LogP contribution in [0, 0.1) is 5.92 Å². The lowest BCUT2D eigenvalue weighted by Crippen LogP contribution is -2.50. The number of nitrogens with one attached hydrogen (secondary N) is 1. The van der Waals surface area contributed by atoms with E-state index in [-0.39, 0.29) is 24.0 Å². The van der Waals surface area contributed by atoms with Gasteiger partial charge < -0.3 is 19.9 Å². The maximum atomic E-state index is 5.47. The van der Waals surface area contributed by atoms with E-state index in [2.05, 4.69) is 47.8 Å². The Kier molecular flexibility index (Phi) is 12.9. The summed E-state index contributed by atoms with van der Waals surface area (Å²) in [5.41, 5.74) is 0. The van der Waals surface area contributed by atoms with E-state index in [1.807, 2.05) is 0 Å². The first kappa shape index (κ1) is 24.9. The lowest BCUT2D eigenvalue weighted by atomic mass is 9.96. The minimum atomic E-state index is 0. The Morgan fingerprint density at radius 2 is 1.85 bits per heavy atom. The second kappa shape index (κ2) is 14.0. The topological polar surface area (TPSA) is 43.3 Å². The van der Waals surface area contributed by atoms with Gasteiger partial charge in [0.25, 0.3) is 0 Å². The molecule has 2 heterocycles. The van der Waals surface area contributed by atoms with Gasteiger partial charge in [-0.2, -0.15) is 0 Å². The molecule has 2 aliphatic rings. The summed E-state index contributed by atoms with van der Waals surface area (Å²) < 4.78 is 5.47. The van der Waals surface area contributed by atoms with Gasteiger partial charge in [-0.1, -0.05) is 6.92 Å². The first-order valence-electron chi connectivity index (χ1n) is 10.7. The van der Waals surface area contributed by atoms with Crippen molar-refractivity contribution in [1.29, 1.82) is 0 Å². The molecule has 2 saturated heterocycles. The quantitative estimate of drug-likeness (QED) is 0.318. The normalized spacial score (nSPS) is 21.6. The molecule has 27 heavy (non-hydrogen) atoms. The molecule has 0 bridgehead atoms. The number of aliphatic imine (C=N–C) groups is 1. The highest BCUT2D eigenvalue weighted by Crippen LogP contribution is 2.18. The van der Waals surface area contributed by atoms with Crippen molar-refractivity contribution < 1.29 is 4.74 Å². The average Bonchev–Trinajstić information content (AvgIpc) is 2.70. The highest BCUT2D eigenvalue weighted by Gasteiger charge is 2.20. The summed E-state index contributed by atoms with van der Waals surface area (Å²) in [6, 6.07) is 0.506. The van der Waals surface area contributed by atoms with Crippen molar-refractivity contribution in [2.24, 2.45) is 10.9 Å². The number of piperazine rings is 1. The van der Waals surface area contributed by atoms with Crippen molar-refractivity contribution in [1.82, 2.24) is 20.0 Å². The molecule has 2 aliphatic heterocycles. The molecule has 0 aromatic heterocycles. The van der Waals surface area contributed by atoms with Crippen LogP contribution in [0.25, 0.3) is 0 Å². The van der Waals surface area contributed by atoms with Crippen molar-refractivity contribution in [2.75, 3.05) is 72.6 Å². The van der Waals surface area contributed by atoms with Crippen molar-refractivity contribution in [3.05, 3.63) is 0 Å². The number of likely N-dealkylation sites (N-methyl/N-ethyl adjacent to an activating group) is 1. The molecular weight excluding hydrogens is 453 g/mol. The molecule has 160 valence electrons. The molecule has 0 aliphatic carbocycles. The van der Waals surface area contributed by atoms with Gasteiger partial charge in [-0.25, -0.2) is 0 Å². The second-order valence-corrected chi connectivity index (χ2v) is 7.78. The Bertz CT molecular complexity index is 409. The van der Waals surface area contributed by atoms with E-state index in [0.717, 1.165) is 44.7 Å². The van der Waals surface area contributed by atoms with Crippen molar-refractivity contribution >= 4 is 29.9 Å². The van der Waals surface area contributed by atoms with Gasteiger partial charge in [0, 0.05) is 65.6 Å². The predicted molar refractivity (Wildman–Crippen MR) is 125 cm³/mol. The van der Waals surface area contributed by atoms with E-state index in [9.17, 15) is 0 Å². The van der Waals surface area contributed by atoms with Crippen molar-refractivity contribution in [2.45, 2.75) is 46.1 Å². The Labute approximate surface area is 184 Å². The van der Waals surface area contributed by atoms with Crippen LogP contribution in [0.1, 0.15) is 40.0 Å². The van der Waals surface area contributed by atoms with Gasteiger partial charge in [0.05, 0.1) is 6.54 Å².